The Labute approximate surface area is 175 Å². The van der Waals surface area contributed by atoms with Gasteiger partial charge < -0.3 is 18.9 Å². The molecule has 0 aliphatic rings. The molecule has 0 amide bonds. The number of nitrogens with zero attached hydrogens (tertiary/aromatic N) is 2. The number of methoxy groups -OCH3 is 3. The molecule has 0 fully saturated rings. The summed E-state index contributed by atoms with van der Waals surface area (Å²) in [6.07, 6.45) is 0. The van der Waals surface area contributed by atoms with Crippen LogP contribution in [0.25, 0.3) is 16.9 Å². The Morgan fingerprint density at radius 1 is 0.935 bits per heavy atom. The molecule has 2 aromatic carbocycles. The van der Waals surface area contributed by atoms with Crippen LogP contribution in [0.5, 0.6) is 11.5 Å². The predicted octanol–water partition coefficient (Wildman–Crippen LogP) is 3.72. The molecule has 3 aromatic rings. The van der Waals surface area contributed by atoms with Crippen LogP contribution in [0.3, 0.4) is 0 Å². The highest BCUT2D eigenvalue weighted by molar-refractivity contribution is 6.06. The van der Waals surface area contributed by atoms with Gasteiger partial charge in [0.25, 0.3) is 0 Å². The van der Waals surface area contributed by atoms with Crippen molar-refractivity contribution in [3.05, 3.63) is 59.8 Å². The maximum atomic E-state index is 12.6. The molecule has 0 saturated heterocycles. The Kier molecular flexibility index (Phi) is 6.49. The summed E-state index contributed by atoms with van der Waals surface area (Å²) in [7, 11) is 3.61. The van der Waals surface area contributed by atoms with E-state index in [9.17, 15) is 18.4 Å². The zero-order chi connectivity index (χ0) is 22.5. The van der Waals surface area contributed by atoms with Crippen LogP contribution >= 0.6 is 0 Å². The van der Waals surface area contributed by atoms with Gasteiger partial charge in [-0.15, -0.1) is 0 Å². The topological polar surface area (TPSA) is 88.9 Å². The fraction of sp³-hybridized carbons (Fsp3) is 0.190. The van der Waals surface area contributed by atoms with Crippen molar-refractivity contribution in [3.8, 4) is 28.4 Å². The van der Waals surface area contributed by atoms with Gasteiger partial charge >= 0.3 is 18.6 Å². The van der Waals surface area contributed by atoms with Gasteiger partial charge in [0.2, 0.25) is 0 Å². The molecule has 1 heterocycles. The van der Waals surface area contributed by atoms with E-state index in [4.69, 9.17) is 14.2 Å². The van der Waals surface area contributed by atoms with E-state index in [2.05, 4.69) is 9.84 Å². The molecule has 0 spiro atoms. The van der Waals surface area contributed by atoms with Crippen molar-refractivity contribution < 1.29 is 37.3 Å². The van der Waals surface area contributed by atoms with Gasteiger partial charge in [-0.1, -0.05) is 18.2 Å². The Morgan fingerprint density at radius 3 is 2.19 bits per heavy atom. The Balaban J connectivity index is 2.28. The lowest BCUT2D eigenvalue weighted by atomic mass is 10.0. The highest BCUT2D eigenvalue weighted by atomic mass is 19.3. The largest absolute Gasteiger partial charge is 0.493 e. The Bertz CT molecular complexity index is 1100. The number of para-hydroxylation sites is 1. The molecule has 3 rings (SSSR count). The number of carbonyl (C=O) groups is 2. The average molecular weight is 432 g/mol. The van der Waals surface area contributed by atoms with Crippen LogP contribution in [-0.2, 0) is 9.47 Å². The van der Waals surface area contributed by atoms with Crippen LogP contribution in [0.4, 0.5) is 8.78 Å². The molecule has 31 heavy (non-hydrogen) atoms. The van der Waals surface area contributed by atoms with Gasteiger partial charge in [0.05, 0.1) is 27.0 Å². The van der Waals surface area contributed by atoms with Crippen molar-refractivity contribution in [3.63, 3.8) is 0 Å². The summed E-state index contributed by atoms with van der Waals surface area (Å²) in [6.45, 7) is -3.05. The molecule has 0 aliphatic heterocycles. The van der Waals surface area contributed by atoms with Crippen molar-refractivity contribution in [2.75, 3.05) is 21.3 Å². The second kappa shape index (κ2) is 9.24. The number of hydrogen-bond acceptors (Lipinski definition) is 7. The monoisotopic (exact) mass is 432 g/mol. The number of ether oxygens (including phenoxy) is 4. The zero-order valence-electron chi connectivity index (χ0n) is 16.8. The number of benzene rings is 2. The van der Waals surface area contributed by atoms with E-state index in [-0.39, 0.29) is 28.5 Å². The molecule has 0 atom stereocenters. The summed E-state index contributed by atoms with van der Waals surface area (Å²) in [5.74, 6) is -1.85. The highest BCUT2D eigenvalue weighted by Crippen LogP contribution is 2.36. The van der Waals surface area contributed by atoms with Crippen molar-refractivity contribution >= 4 is 11.9 Å². The molecule has 1 aromatic heterocycles. The molecular weight excluding hydrogens is 414 g/mol. The SMILES string of the molecule is COC(=O)c1c(-c2ccc(OC(F)F)c(OC)c2)nn(-c2ccccc2)c1C(=O)OC. The zero-order valence-corrected chi connectivity index (χ0v) is 16.8. The minimum absolute atomic E-state index is 0.0116. The summed E-state index contributed by atoms with van der Waals surface area (Å²) < 4.78 is 45.8. The lowest BCUT2D eigenvalue weighted by Gasteiger charge is -2.11. The summed E-state index contributed by atoms with van der Waals surface area (Å²) in [5.41, 5.74) is 0.561. The van der Waals surface area contributed by atoms with E-state index in [1.54, 1.807) is 30.3 Å². The third-order valence-electron chi connectivity index (χ3n) is 4.31. The number of carbonyl (C=O) groups excluding carboxylic acids is 2. The number of esters is 2. The first-order valence-electron chi connectivity index (χ1n) is 8.89. The fourth-order valence-corrected chi connectivity index (χ4v) is 2.96. The molecule has 0 bridgehead atoms. The number of hydrogen-bond donors (Lipinski definition) is 0. The molecule has 162 valence electrons. The first-order valence-corrected chi connectivity index (χ1v) is 8.89. The molecule has 10 heteroatoms. The standard InChI is InChI=1S/C21H18F2N2O6/c1-28-15-11-12(9-10-14(15)31-21(22)23)17-16(19(26)29-2)18(20(27)30-3)25(24-17)13-7-5-4-6-8-13/h4-11,21H,1-3H3. The molecule has 0 saturated carbocycles. The number of halogens is 2. The van der Waals surface area contributed by atoms with Crippen LogP contribution < -0.4 is 9.47 Å². The lowest BCUT2D eigenvalue weighted by molar-refractivity contribution is -0.0512. The third-order valence-corrected chi connectivity index (χ3v) is 4.31. The van der Waals surface area contributed by atoms with Gasteiger partial charge in [0.1, 0.15) is 11.3 Å². The summed E-state index contributed by atoms with van der Waals surface area (Å²) >= 11 is 0. The van der Waals surface area contributed by atoms with E-state index in [1.807, 2.05) is 0 Å². The molecule has 0 N–H and O–H groups in total. The number of alkyl halides is 2. The summed E-state index contributed by atoms with van der Waals surface area (Å²) in [5, 5.41) is 4.43. The van der Waals surface area contributed by atoms with E-state index in [0.717, 1.165) is 7.11 Å². The first kappa shape index (κ1) is 21.8. The molecule has 0 unspecified atom stereocenters. The molecule has 0 radical (unpaired) electrons. The fourth-order valence-electron chi connectivity index (χ4n) is 2.96. The molecule has 0 aliphatic carbocycles. The minimum atomic E-state index is -3.05. The van der Waals surface area contributed by atoms with E-state index >= 15 is 0 Å². The number of rotatable bonds is 7. The molecule has 8 nitrogen and oxygen atoms in total. The van der Waals surface area contributed by atoms with E-state index < -0.39 is 18.6 Å². The van der Waals surface area contributed by atoms with Crippen LogP contribution in [0.15, 0.2) is 48.5 Å². The van der Waals surface area contributed by atoms with Crippen LogP contribution in [-0.4, -0.2) is 49.7 Å². The predicted molar refractivity (Wildman–Crippen MR) is 105 cm³/mol. The van der Waals surface area contributed by atoms with Gasteiger partial charge in [0.15, 0.2) is 17.2 Å². The summed E-state index contributed by atoms with van der Waals surface area (Å²) in [4.78, 5) is 25.2. The first-order chi connectivity index (χ1) is 14.9. The van der Waals surface area contributed by atoms with Crippen molar-refractivity contribution in [2.24, 2.45) is 0 Å². The quantitative estimate of drug-likeness (QED) is 0.526. The van der Waals surface area contributed by atoms with Crippen molar-refractivity contribution in [1.29, 1.82) is 0 Å². The van der Waals surface area contributed by atoms with Crippen LogP contribution in [0, 0.1) is 0 Å². The highest BCUT2D eigenvalue weighted by Gasteiger charge is 2.31. The third kappa shape index (κ3) is 4.32. The lowest BCUT2D eigenvalue weighted by Crippen LogP contribution is -2.15. The maximum absolute atomic E-state index is 12.6. The Morgan fingerprint density at radius 2 is 1.61 bits per heavy atom. The minimum Gasteiger partial charge on any atom is -0.493 e. The Hall–Kier alpha value is -3.95. The normalized spacial score (nSPS) is 10.6. The van der Waals surface area contributed by atoms with E-state index in [0.29, 0.717) is 11.3 Å². The van der Waals surface area contributed by atoms with Gasteiger partial charge in [-0.3, -0.25) is 0 Å². The van der Waals surface area contributed by atoms with Gasteiger partial charge in [-0.2, -0.15) is 13.9 Å². The number of aromatic nitrogens is 2. The maximum Gasteiger partial charge on any atom is 0.387 e. The second-order valence-corrected chi connectivity index (χ2v) is 6.05. The average Bonchev–Trinajstić information content (AvgIpc) is 3.19. The van der Waals surface area contributed by atoms with Gasteiger partial charge in [-0.25, -0.2) is 14.3 Å². The van der Waals surface area contributed by atoms with Crippen LogP contribution in [0.2, 0.25) is 0 Å². The van der Waals surface area contributed by atoms with Crippen molar-refractivity contribution in [1.82, 2.24) is 9.78 Å². The van der Waals surface area contributed by atoms with Gasteiger partial charge in [-0.05, 0) is 30.3 Å². The summed E-state index contributed by atoms with van der Waals surface area (Å²) in [6, 6.07) is 12.6. The second-order valence-electron chi connectivity index (χ2n) is 6.05. The smallest absolute Gasteiger partial charge is 0.387 e. The van der Waals surface area contributed by atoms with Crippen molar-refractivity contribution in [2.45, 2.75) is 6.61 Å². The van der Waals surface area contributed by atoms with Crippen LogP contribution in [0.1, 0.15) is 20.8 Å². The van der Waals surface area contributed by atoms with Gasteiger partial charge in [0, 0.05) is 5.56 Å². The molecular formula is C21H18F2N2O6. The van der Waals surface area contributed by atoms with E-state index in [1.165, 1.54) is 37.1 Å².